The van der Waals surface area contributed by atoms with Crippen LogP contribution in [0.15, 0.2) is 45.8 Å². The van der Waals surface area contributed by atoms with Crippen molar-refractivity contribution in [3.63, 3.8) is 0 Å². The lowest BCUT2D eigenvalue weighted by Crippen LogP contribution is -2.14. The standard InChI is InChI=1S/C13H11BrClFN2O2S/c14-10-3-1-8(7-17)5-13(10)21(19,20)18-12-6-9(16)2-4-11(12)15/h1-6,18H,7,17H2. The average molecular weight is 394 g/mol. The molecule has 0 fully saturated rings. The Morgan fingerprint density at radius 2 is 1.95 bits per heavy atom. The van der Waals surface area contributed by atoms with Crippen LogP contribution in [0.1, 0.15) is 5.56 Å². The highest BCUT2D eigenvalue weighted by atomic mass is 79.9. The van der Waals surface area contributed by atoms with Gasteiger partial charge in [-0.2, -0.15) is 0 Å². The molecule has 0 aliphatic rings. The van der Waals surface area contributed by atoms with Crippen molar-refractivity contribution in [2.75, 3.05) is 4.72 Å². The van der Waals surface area contributed by atoms with Crippen LogP contribution in [0, 0.1) is 5.82 Å². The summed E-state index contributed by atoms with van der Waals surface area (Å²) in [6, 6.07) is 8.17. The van der Waals surface area contributed by atoms with Gasteiger partial charge in [-0.1, -0.05) is 17.7 Å². The maximum atomic E-state index is 13.2. The van der Waals surface area contributed by atoms with Gasteiger partial charge in [0.05, 0.1) is 10.7 Å². The molecule has 0 saturated heterocycles. The van der Waals surface area contributed by atoms with Crippen LogP contribution in [-0.4, -0.2) is 8.42 Å². The third-order valence-corrected chi connectivity index (χ3v) is 5.38. The number of nitrogens with one attached hydrogen (secondary N) is 1. The van der Waals surface area contributed by atoms with Crippen LogP contribution in [0.25, 0.3) is 0 Å². The molecule has 3 N–H and O–H groups in total. The topological polar surface area (TPSA) is 72.2 Å². The summed E-state index contributed by atoms with van der Waals surface area (Å²) in [5.41, 5.74) is 6.14. The molecule has 0 aliphatic carbocycles. The van der Waals surface area contributed by atoms with Crippen molar-refractivity contribution >= 4 is 43.2 Å². The van der Waals surface area contributed by atoms with E-state index in [0.717, 1.165) is 12.1 Å². The lowest BCUT2D eigenvalue weighted by molar-refractivity contribution is 0.600. The first kappa shape index (κ1) is 16.2. The fourth-order valence-corrected chi connectivity index (χ4v) is 3.96. The summed E-state index contributed by atoms with van der Waals surface area (Å²) in [7, 11) is -3.92. The van der Waals surface area contributed by atoms with Gasteiger partial charge in [-0.15, -0.1) is 0 Å². The highest BCUT2D eigenvalue weighted by Crippen LogP contribution is 2.29. The van der Waals surface area contributed by atoms with Gasteiger partial charge in [-0.25, -0.2) is 12.8 Å². The minimum Gasteiger partial charge on any atom is -0.326 e. The van der Waals surface area contributed by atoms with E-state index in [4.69, 9.17) is 17.3 Å². The van der Waals surface area contributed by atoms with Gasteiger partial charge in [-0.05, 0) is 51.8 Å². The van der Waals surface area contributed by atoms with Crippen molar-refractivity contribution in [1.29, 1.82) is 0 Å². The molecule has 0 spiro atoms. The zero-order valence-electron chi connectivity index (χ0n) is 10.6. The van der Waals surface area contributed by atoms with Crippen LogP contribution in [0.3, 0.4) is 0 Å². The maximum Gasteiger partial charge on any atom is 0.263 e. The Kier molecular flexibility index (Phi) is 4.88. The first-order valence-corrected chi connectivity index (χ1v) is 8.45. The molecule has 0 amide bonds. The molecule has 21 heavy (non-hydrogen) atoms. The van der Waals surface area contributed by atoms with Gasteiger partial charge in [-0.3, -0.25) is 4.72 Å². The van der Waals surface area contributed by atoms with Gasteiger partial charge < -0.3 is 5.73 Å². The van der Waals surface area contributed by atoms with Crippen molar-refractivity contribution < 1.29 is 12.8 Å². The summed E-state index contributed by atoms with van der Waals surface area (Å²) in [6.07, 6.45) is 0. The molecule has 4 nitrogen and oxygen atoms in total. The number of hydrogen-bond acceptors (Lipinski definition) is 3. The van der Waals surface area contributed by atoms with Gasteiger partial charge in [0.1, 0.15) is 10.7 Å². The van der Waals surface area contributed by atoms with Crippen molar-refractivity contribution in [3.05, 3.63) is 57.3 Å². The van der Waals surface area contributed by atoms with E-state index in [2.05, 4.69) is 20.7 Å². The molecular formula is C13H11BrClFN2O2S. The van der Waals surface area contributed by atoms with E-state index >= 15 is 0 Å². The molecule has 2 aromatic carbocycles. The van der Waals surface area contributed by atoms with Crippen molar-refractivity contribution in [2.45, 2.75) is 11.4 Å². The van der Waals surface area contributed by atoms with Gasteiger partial charge in [0, 0.05) is 11.0 Å². The number of rotatable bonds is 4. The van der Waals surface area contributed by atoms with E-state index in [0.29, 0.717) is 10.0 Å². The van der Waals surface area contributed by atoms with E-state index < -0.39 is 15.8 Å². The van der Waals surface area contributed by atoms with Gasteiger partial charge in [0.2, 0.25) is 0 Å². The highest BCUT2D eigenvalue weighted by Gasteiger charge is 2.19. The predicted octanol–water partition coefficient (Wildman–Crippen LogP) is 3.50. The summed E-state index contributed by atoms with van der Waals surface area (Å²) in [5.74, 6) is -0.591. The Labute approximate surface area is 135 Å². The Morgan fingerprint density at radius 1 is 1.24 bits per heavy atom. The molecule has 8 heteroatoms. The Hall–Kier alpha value is -1.15. The van der Waals surface area contributed by atoms with Gasteiger partial charge >= 0.3 is 0 Å². The molecule has 2 rings (SSSR count). The fourth-order valence-electron chi connectivity index (χ4n) is 1.66. The molecule has 0 saturated carbocycles. The van der Waals surface area contributed by atoms with Crippen molar-refractivity contribution in [1.82, 2.24) is 0 Å². The van der Waals surface area contributed by atoms with Crippen molar-refractivity contribution in [3.8, 4) is 0 Å². The molecule has 0 radical (unpaired) electrons. The van der Waals surface area contributed by atoms with E-state index in [1.165, 1.54) is 12.1 Å². The third kappa shape index (κ3) is 3.74. The minimum atomic E-state index is -3.92. The van der Waals surface area contributed by atoms with Crippen LogP contribution < -0.4 is 10.5 Å². The van der Waals surface area contributed by atoms with E-state index in [9.17, 15) is 12.8 Å². The zero-order valence-corrected chi connectivity index (χ0v) is 13.8. The molecule has 0 heterocycles. The molecule has 112 valence electrons. The van der Waals surface area contributed by atoms with Crippen LogP contribution in [0.4, 0.5) is 10.1 Å². The monoisotopic (exact) mass is 392 g/mol. The summed E-state index contributed by atoms with van der Waals surface area (Å²) >= 11 is 9.04. The number of nitrogens with two attached hydrogens (primary N) is 1. The molecule has 0 aromatic heterocycles. The van der Waals surface area contributed by atoms with Crippen LogP contribution in [0.2, 0.25) is 5.02 Å². The summed E-state index contributed by atoms with van der Waals surface area (Å²) in [5, 5.41) is 0.103. The second kappa shape index (κ2) is 6.31. The quantitative estimate of drug-likeness (QED) is 0.835. The zero-order chi connectivity index (χ0) is 15.6. The molecule has 0 bridgehead atoms. The van der Waals surface area contributed by atoms with E-state index in [1.54, 1.807) is 12.1 Å². The van der Waals surface area contributed by atoms with Crippen LogP contribution >= 0.6 is 27.5 Å². The summed E-state index contributed by atoms with van der Waals surface area (Å²) < 4.78 is 40.6. The SMILES string of the molecule is NCc1ccc(Br)c(S(=O)(=O)Nc2cc(F)ccc2Cl)c1. The number of sulfonamides is 1. The van der Waals surface area contributed by atoms with Crippen LogP contribution in [-0.2, 0) is 16.6 Å². The van der Waals surface area contributed by atoms with Gasteiger partial charge in [0.15, 0.2) is 0 Å². The third-order valence-electron chi connectivity index (χ3n) is 2.69. The highest BCUT2D eigenvalue weighted by molar-refractivity contribution is 9.10. The average Bonchev–Trinajstić information content (AvgIpc) is 2.43. The Morgan fingerprint density at radius 3 is 2.62 bits per heavy atom. The normalized spacial score (nSPS) is 11.4. The predicted molar refractivity (Wildman–Crippen MR) is 84.3 cm³/mol. The van der Waals surface area contributed by atoms with Crippen LogP contribution in [0.5, 0.6) is 0 Å². The number of anilines is 1. The minimum absolute atomic E-state index is 0.00535. The molecule has 2 aromatic rings. The first-order valence-electron chi connectivity index (χ1n) is 5.80. The van der Waals surface area contributed by atoms with Crippen molar-refractivity contribution in [2.24, 2.45) is 5.73 Å². The summed E-state index contributed by atoms with van der Waals surface area (Å²) in [4.78, 5) is 0.00535. The number of hydrogen-bond donors (Lipinski definition) is 2. The molecule has 0 aliphatic heterocycles. The van der Waals surface area contributed by atoms with Gasteiger partial charge in [0.25, 0.3) is 10.0 Å². The number of halogens is 3. The Balaban J connectivity index is 2.45. The molecule has 0 unspecified atom stereocenters. The smallest absolute Gasteiger partial charge is 0.263 e. The summed E-state index contributed by atoms with van der Waals surface area (Å²) in [6.45, 7) is 0.205. The maximum absolute atomic E-state index is 13.2. The lowest BCUT2D eigenvalue weighted by Gasteiger charge is -2.12. The lowest BCUT2D eigenvalue weighted by atomic mass is 10.2. The first-order chi connectivity index (χ1) is 9.83. The molecular weight excluding hydrogens is 383 g/mol. The number of benzene rings is 2. The largest absolute Gasteiger partial charge is 0.326 e. The fraction of sp³-hybridized carbons (Fsp3) is 0.0769. The second-order valence-electron chi connectivity index (χ2n) is 4.20. The van der Waals surface area contributed by atoms with E-state index in [1.807, 2.05) is 0 Å². The molecule has 0 atom stereocenters. The Bertz CT molecular complexity index is 784. The van der Waals surface area contributed by atoms with E-state index in [-0.39, 0.29) is 22.2 Å². The second-order valence-corrected chi connectivity index (χ2v) is 7.11.